The minimum Gasteiger partial charge on any atom is -0.493 e. The van der Waals surface area contributed by atoms with Gasteiger partial charge in [0.1, 0.15) is 5.75 Å². The molecule has 2 N–H and O–H groups in total. The van der Waals surface area contributed by atoms with Gasteiger partial charge in [0.25, 0.3) is 0 Å². The van der Waals surface area contributed by atoms with E-state index in [9.17, 15) is 18.0 Å². The average Bonchev–Trinajstić information content (AvgIpc) is 2.99. The molecule has 25 heavy (non-hydrogen) atoms. The number of likely N-dealkylation sites (tertiary alicyclic amines) is 1. The van der Waals surface area contributed by atoms with Gasteiger partial charge in [-0.1, -0.05) is 18.2 Å². The van der Waals surface area contributed by atoms with Crippen LogP contribution in [0.15, 0.2) is 24.3 Å². The zero-order valence-corrected chi connectivity index (χ0v) is 13.8. The number of ether oxygens (including phenoxy) is 1. The Balaban J connectivity index is 1.44. The van der Waals surface area contributed by atoms with E-state index in [-0.39, 0.29) is 18.0 Å². The average molecular weight is 357 g/mol. The fraction of sp³-hybridized carbons (Fsp3) is 0.588. The third-order valence-electron chi connectivity index (χ3n) is 4.59. The Morgan fingerprint density at radius 2 is 2.08 bits per heavy atom. The lowest BCUT2D eigenvalue weighted by Gasteiger charge is -2.27. The van der Waals surface area contributed by atoms with Gasteiger partial charge in [0.15, 0.2) is 0 Å². The van der Waals surface area contributed by atoms with Crippen LogP contribution in [0.25, 0.3) is 0 Å². The molecule has 1 fully saturated rings. The topological polar surface area (TPSA) is 53.6 Å². The van der Waals surface area contributed by atoms with Crippen molar-refractivity contribution in [1.82, 2.24) is 15.5 Å². The number of amides is 2. The van der Waals surface area contributed by atoms with Crippen LogP contribution in [0.5, 0.6) is 5.75 Å². The predicted octanol–water partition coefficient (Wildman–Crippen LogP) is 2.69. The van der Waals surface area contributed by atoms with Gasteiger partial charge in [0.05, 0.1) is 19.2 Å². The molecule has 0 bridgehead atoms. The quantitative estimate of drug-likeness (QED) is 0.871. The summed E-state index contributed by atoms with van der Waals surface area (Å²) in [6, 6.07) is 7.16. The highest BCUT2D eigenvalue weighted by Crippen LogP contribution is 2.31. The van der Waals surface area contributed by atoms with Crippen LogP contribution in [0.2, 0.25) is 0 Å². The van der Waals surface area contributed by atoms with Crippen molar-refractivity contribution >= 4 is 6.03 Å². The van der Waals surface area contributed by atoms with E-state index in [2.05, 4.69) is 10.6 Å². The zero-order valence-electron chi connectivity index (χ0n) is 13.8. The van der Waals surface area contributed by atoms with Crippen LogP contribution in [0.1, 0.15) is 24.4 Å². The Morgan fingerprint density at radius 1 is 1.28 bits per heavy atom. The highest BCUT2D eigenvalue weighted by Gasteiger charge is 2.34. The van der Waals surface area contributed by atoms with Crippen LogP contribution >= 0.6 is 0 Å². The molecule has 0 aliphatic carbocycles. The lowest BCUT2D eigenvalue weighted by molar-refractivity contribution is -0.143. The summed E-state index contributed by atoms with van der Waals surface area (Å²) in [6.07, 6.45) is -2.82. The van der Waals surface area contributed by atoms with E-state index in [1.54, 1.807) is 0 Å². The highest BCUT2D eigenvalue weighted by molar-refractivity contribution is 5.74. The second kappa shape index (κ2) is 7.51. The standard InChI is InChI=1S/C17H22F3N3O2/c18-17(19,20)11-23-7-5-12(10-23)9-21-16(24)22-14-6-8-25-15-4-2-1-3-13(14)15/h1-4,12,14H,5-11H2,(H2,21,22,24)/t12-,14+/m0/s1. The van der Waals surface area contributed by atoms with Crippen molar-refractivity contribution in [3.8, 4) is 5.75 Å². The molecular weight excluding hydrogens is 335 g/mol. The normalized spacial score (nSPS) is 23.6. The van der Waals surface area contributed by atoms with E-state index in [1.807, 2.05) is 24.3 Å². The van der Waals surface area contributed by atoms with Gasteiger partial charge in [-0.15, -0.1) is 0 Å². The van der Waals surface area contributed by atoms with Crippen molar-refractivity contribution < 1.29 is 22.7 Å². The third-order valence-corrected chi connectivity index (χ3v) is 4.59. The second-order valence-electron chi connectivity index (χ2n) is 6.59. The van der Waals surface area contributed by atoms with E-state index < -0.39 is 12.7 Å². The number of alkyl halides is 3. The van der Waals surface area contributed by atoms with Crippen LogP contribution in [0.4, 0.5) is 18.0 Å². The molecule has 0 aromatic heterocycles. The van der Waals surface area contributed by atoms with E-state index in [0.717, 1.165) is 11.3 Å². The van der Waals surface area contributed by atoms with Crippen molar-refractivity contribution in [1.29, 1.82) is 0 Å². The van der Waals surface area contributed by atoms with Crippen LogP contribution < -0.4 is 15.4 Å². The Hall–Kier alpha value is -1.96. The molecule has 5 nitrogen and oxygen atoms in total. The summed E-state index contributed by atoms with van der Waals surface area (Å²) in [4.78, 5) is 13.5. The summed E-state index contributed by atoms with van der Waals surface area (Å²) >= 11 is 0. The van der Waals surface area contributed by atoms with Crippen LogP contribution in [-0.2, 0) is 0 Å². The summed E-state index contributed by atoms with van der Waals surface area (Å²) in [5.74, 6) is 0.827. The Kier molecular flexibility index (Phi) is 5.36. The van der Waals surface area contributed by atoms with Gasteiger partial charge in [-0.05, 0) is 24.9 Å². The smallest absolute Gasteiger partial charge is 0.401 e. The molecule has 0 radical (unpaired) electrons. The van der Waals surface area contributed by atoms with Crippen molar-refractivity contribution in [2.75, 3.05) is 32.8 Å². The van der Waals surface area contributed by atoms with Gasteiger partial charge in [-0.3, -0.25) is 4.90 Å². The van der Waals surface area contributed by atoms with Gasteiger partial charge >= 0.3 is 12.2 Å². The molecule has 2 atom stereocenters. The summed E-state index contributed by atoms with van der Waals surface area (Å²) < 4.78 is 42.8. The minimum absolute atomic E-state index is 0.0510. The number of hydrogen-bond donors (Lipinski definition) is 2. The highest BCUT2D eigenvalue weighted by atomic mass is 19.4. The molecule has 0 saturated carbocycles. The first-order valence-corrected chi connectivity index (χ1v) is 8.46. The molecule has 138 valence electrons. The van der Waals surface area contributed by atoms with Gasteiger partial charge in [0, 0.05) is 25.1 Å². The van der Waals surface area contributed by atoms with Crippen LogP contribution in [-0.4, -0.2) is 49.9 Å². The SMILES string of the molecule is O=C(NC[C@@H]1CCN(CC(F)(F)F)C1)N[C@@H]1CCOc2ccccc21. The molecule has 0 spiro atoms. The molecule has 8 heteroatoms. The molecule has 2 amide bonds. The van der Waals surface area contributed by atoms with Gasteiger partial charge in [0.2, 0.25) is 0 Å². The molecule has 1 saturated heterocycles. The Morgan fingerprint density at radius 3 is 2.88 bits per heavy atom. The molecular formula is C17H22F3N3O2. The molecule has 3 rings (SSSR count). The first-order chi connectivity index (χ1) is 11.9. The second-order valence-corrected chi connectivity index (χ2v) is 6.59. The van der Waals surface area contributed by atoms with E-state index in [4.69, 9.17) is 4.74 Å². The molecule has 1 aromatic carbocycles. The van der Waals surface area contributed by atoms with Gasteiger partial charge < -0.3 is 15.4 Å². The van der Waals surface area contributed by atoms with E-state index >= 15 is 0 Å². The Bertz CT molecular complexity index is 609. The number of urea groups is 1. The molecule has 2 aliphatic rings. The molecule has 0 unspecified atom stereocenters. The van der Waals surface area contributed by atoms with E-state index in [1.165, 1.54) is 4.90 Å². The minimum atomic E-state index is -4.17. The number of carbonyl (C=O) groups is 1. The first-order valence-electron chi connectivity index (χ1n) is 8.46. The van der Waals surface area contributed by atoms with Crippen molar-refractivity contribution in [3.63, 3.8) is 0 Å². The summed E-state index contributed by atoms with van der Waals surface area (Å²) in [5.41, 5.74) is 0.945. The summed E-state index contributed by atoms with van der Waals surface area (Å²) in [6.45, 7) is 0.817. The fourth-order valence-electron chi connectivity index (χ4n) is 3.41. The number of nitrogens with one attached hydrogen (secondary N) is 2. The maximum Gasteiger partial charge on any atom is 0.401 e. The van der Waals surface area contributed by atoms with Crippen molar-refractivity contribution in [2.45, 2.75) is 25.1 Å². The number of fused-ring (bicyclic) bond motifs is 1. The number of halogens is 3. The first kappa shape index (κ1) is 17.8. The molecule has 2 heterocycles. The number of rotatable bonds is 4. The lowest BCUT2D eigenvalue weighted by atomic mass is 10.0. The number of nitrogens with zero attached hydrogens (tertiary/aromatic N) is 1. The largest absolute Gasteiger partial charge is 0.493 e. The summed E-state index contributed by atoms with van der Waals surface area (Å²) in [5, 5.41) is 5.71. The predicted molar refractivity (Wildman–Crippen MR) is 86.4 cm³/mol. The van der Waals surface area contributed by atoms with Crippen molar-refractivity contribution in [2.24, 2.45) is 5.92 Å². The van der Waals surface area contributed by atoms with Crippen molar-refractivity contribution in [3.05, 3.63) is 29.8 Å². The maximum atomic E-state index is 12.4. The number of carbonyl (C=O) groups excluding carboxylic acids is 1. The molecule has 2 aliphatic heterocycles. The monoisotopic (exact) mass is 357 g/mol. The Labute approximate surface area is 144 Å². The molecule has 1 aromatic rings. The van der Waals surface area contributed by atoms with Gasteiger partial charge in [-0.25, -0.2) is 4.79 Å². The zero-order chi connectivity index (χ0) is 17.9. The number of para-hydroxylation sites is 1. The fourth-order valence-corrected chi connectivity index (χ4v) is 3.41. The number of benzene rings is 1. The van der Waals surface area contributed by atoms with Gasteiger partial charge in [-0.2, -0.15) is 13.2 Å². The maximum absolute atomic E-state index is 12.4. The third kappa shape index (κ3) is 5.01. The number of hydrogen-bond acceptors (Lipinski definition) is 3. The van der Waals surface area contributed by atoms with Crippen LogP contribution in [0, 0.1) is 5.92 Å². The summed E-state index contributed by atoms with van der Waals surface area (Å²) in [7, 11) is 0. The van der Waals surface area contributed by atoms with E-state index in [0.29, 0.717) is 39.1 Å². The lowest BCUT2D eigenvalue weighted by Crippen LogP contribution is -2.42. The van der Waals surface area contributed by atoms with Crippen LogP contribution in [0.3, 0.4) is 0 Å².